The second kappa shape index (κ2) is 7.57. The van der Waals surface area contributed by atoms with Gasteiger partial charge in [0.2, 0.25) is 0 Å². The van der Waals surface area contributed by atoms with E-state index in [9.17, 15) is 0 Å². The van der Waals surface area contributed by atoms with E-state index in [1.807, 2.05) is 12.4 Å². The van der Waals surface area contributed by atoms with Gasteiger partial charge in [-0.15, -0.1) is 0 Å². The fraction of sp³-hybridized carbons (Fsp3) is 0.800. The van der Waals surface area contributed by atoms with Crippen molar-refractivity contribution < 1.29 is 0 Å². The molecule has 0 aliphatic heterocycles. The first-order chi connectivity index (χ1) is 8.49. The Bertz CT molecular complexity index is 328. The second-order valence-corrected chi connectivity index (χ2v) is 6.05. The van der Waals surface area contributed by atoms with Crippen molar-refractivity contribution >= 4 is 0 Å². The minimum Gasteiger partial charge on any atom is -0.338 e. The predicted octanol–water partition coefficient (Wildman–Crippen LogP) is 3.01. The summed E-state index contributed by atoms with van der Waals surface area (Å²) < 4.78 is 2.13. The smallest absolute Gasteiger partial charge is 0.108 e. The molecule has 0 aliphatic carbocycles. The van der Waals surface area contributed by atoms with Gasteiger partial charge in [0.05, 0.1) is 0 Å². The number of rotatable bonds is 8. The summed E-state index contributed by atoms with van der Waals surface area (Å²) in [6.45, 7) is 10.2. The summed E-state index contributed by atoms with van der Waals surface area (Å²) in [5.41, 5.74) is 0. The lowest BCUT2D eigenvalue weighted by Gasteiger charge is -2.21. The van der Waals surface area contributed by atoms with Crippen LogP contribution in [0.5, 0.6) is 0 Å². The number of hydrogen-bond donors (Lipinski definition) is 1. The van der Waals surface area contributed by atoms with Crippen molar-refractivity contribution in [2.24, 2.45) is 18.9 Å². The number of aryl methyl sites for hydroxylation is 2. The maximum absolute atomic E-state index is 4.40. The van der Waals surface area contributed by atoms with Crippen molar-refractivity contribution in [2.75, 3.05) is 6.54 Å². The van der Waals surface area contributed by atoms with Crippen LogP contribution in [0.2, 0.25) is 0 Å². The summed E-state index contributed by atoms with van der Waals surface area (Å²) in [5.74, 6) is 2.72. The Morgan fingerprint density at radius 3 is 2.50 bits per heavy atom. The third-order valence-electron chi connectivity index (χ3n) is 3.32. The van der Waals surface area contributed by atoms with Crippen molar-refractivity contribution in [1.29, 1.82) is 0 Å². The number of hydrogen-bond acceptors (Lipinski definition) is 2. The van der Waals surface area contributed by atoms with Crippen LogP contribution in [0.15, 0.2) is 12.4 Å². The van der Waals surface area contributed by atoms with E-state index in [4.69, 9.17) is 0 Å². The van der Waals surface area contributed by atoms with Gasteiger partial charge in [0.25, 0.3) is 0 Å². The Hall–Kier alpha value is -0.830. The highest BCUT2D eigenvalue weighted by molar-refractivity contribution is 4.91. The minimum atomic E-state index is 0.577. The highest BCUT2D eigenvalue weighted by Crippen LogP contribution is 2.17. The molecular formula is C15H29N3. The van der Waals surface area contributed by atoms with Crippen molar-refractivity contribution in [1.82, 2.24) is 14.9 Å². The fourth-order valence-corrected chi connectivity index (χ4v) is 2.34. The van der Waals surface area contributed by atoms with Gasteiger partial charge in [-0.2, -0.15) is 0 Å². The molecule has 1 unspecified atom stereocenters. The summed E-state index contributed by atoms with van der Waals surface area (Å²) in [6.07, 6.45) is 7.52. The van der Waals surface area contributed by atoms with Gasteiger partial charge in [-0.25, -0.2) is 4.98 Å². The van der Waals surface area contributed by atoms with E-state index >= 15 is 0 Å². The zero-order chi connectivity index (χ0) is 13.5. The summed E-state index contributed by atoms with van der Waals surface area (Å²) in [4.78, 5) is 4.40. The van der Waals surface area contributed by atoms with Crippen LogP contribution >= 0.6 is 0 Å². The summed E-state index contributed by atoms with van der Waals surface area (Å²) in [7, 11) is 2.08. The maximum atomic E-state index is 4.40. The molecule has 0 bridgehead atoms. The van der Waals surface area contributed by atoms with Crippen LogP contribution in [0.4, 0.5) is 0 Å². The zero-order valence-corrected chi connectivity index (χ0v) is 12.6. The molecule has 1 rings (SSSR count). The normalized spacial score (nSPS) is 13.5. The second-order valence-electron chi connectivity index (χ2n) is 6.05. The molecule has 18 heavy (non-hydrogen) atoms. The van der Waals surface area contributed by atoms with E-state index in [-0.39, 0.29) is 0 Å². The molecule has 3 nitrogen and oxygen atoms in total. The molecule has 0 amide bonds. The van der Waals surface area contributed by atoms with E-state index in [0.717, 1.165) is 24.8 Å². The number of nitrogens with one attached hydrogen (secondary N) is 1. The topological polar surface area (TPSA) is 29.9 Å². The Labute approximate surface area is 112 Å². The maximum Gasteiger partial charge on any atom is 0.108 e. The first-order valence-electron chi connectivity index (χ1n) is 7.18. The lowest BCUT2D eigenvalue weighted by Crippen LogP contribution is -2.30. The largest absolute Gasteiger partial charge is 0.338 e. The molecule has 3 heteroatoms. The van der Waals surface area contributed by atoms with Crippen molar-refractivity contribution in [3.8, 4) is 0 Å². The molecule has 1 heterocycles. The van der Waals surface area contributed by atoms with Crippen LogP contribution in [0, 0.1) is 11.8 Å². The number of aromatic nitrogens is 2. The Kier molecular flexibility index (Phi) is 6.41. The number of nitrogens with zero attached hydrogens (tertiary/aromatic N) is 2. The lowest BCUT2D eigenvalue weighted by molar-refractivity contribution is 0.353. The van der Waals surface area contributed by atoms with Gasteiger partial charge >= 0.3 is 0 Å². The molecule has 0 radical (unpaired) electrons. The minimum absolute atomic E-state index is 0.577. The van der Waals surface area contributed by atoms with E-state index in [0.29, 0.717) is 6.04 Å². The highest BCUT2D eigenvalue weighted by Gasteiger charge is 2.12. The first-order valence-corrected chi connectivity index (χ1v) is 7.18. The zero-order valence-electron chi connectivity index (χ0n) is 12.6. The molecule has 0 aliphatic rings. The average Bonchev–Trinajstić information content (AvgIpc) is 2.67. The predicted molar refractivity (Wildman–Crippen MR) is 77.6 cm³/mol. The molecule has 1 aromatic heterocycles. The molecule has 1 aromatic rings. The van der Waals surface area contributed by atoms with Gasteiger partial charge < -0.3 is 9.88 Å². The lowest BCUT2D eigenvalue weighted by atomic mass is 9.92. The number of imidazole rings is 1. The van der Waals surface area contributed by atoms with Gasteiger partial charge in [0, 0.05) is 31.9 Å². The molecule has 0 saturated carbocycles. The van der Waals surface area contributed by atoms with Gasteiger partial charge in [-0.05, 0) is 31.2 Å². The first kappa shape index (κ1) is 15.2. The van der Waals surface area contributed by atoms with Crippen LogP contribution < -0.4 is 5.32 Å². The van der Waals surface area contributed by atoms with Gasteiger partial charge in [0.1, 0.15) is 5.82 Å². The quantitative estimate of drug-likeness (QED) is 0.769. The van der Waals surface area contributed by atoms with Crippen LogP contribution in [-0.2, 0) is 13.5 Å². The summed E-state index contributed by atoms with van der Waals surface area (Å²) in [6, 6.07) is 0.577. The molecular weight excluding hydrogens is 222 g/mol. The summed E-state index contributed by atoms with van der Waals surface area (Å²) >= 11 is 0. The Balaban J connectivity index is 2.42. The monoisotopic (exact) mass is 251 g/mol. The molecule has 1 N–H and O–H groups in total. The van der Waals surface area contributed by atoms with Crippen molar-refractivity contribution in [3.05, 3.63) is 18.2 Å². The Morgan fingerprint density at radius 1 is 1.28 bits per heavy atom. The van der Waals surface area contributed by atoms with E-state index in [2.05, 4.69) is 49.6 Å². The van der Waals surface area contributed by atoms with E-state index in [1.165, 1.54) is 18.7 Å². The molecule has 1 atom stereocenters. The fourth-order valence-electron chi connectivity index (χ4n) is 2.34. The van der Waals surface area contributed by atoms with Crippen LogP contribution in [0.25, 0.3) is 0 Å². The third-order valence-corrected chi connectivity index (χ3v) is 3.32. The summed E-state index contributed by atoms with van der Waals surface area (Å²) in [5, 5.41) is 3.57. The van der Waals surface area contributed by atoms with E-state index in [1.54, 1.807) is 0 Å². The van der Waals surface area contributed by atoms with Crippen LogP contribution in [0.1, 0.15) is 46.4 Å². The highest BCUT2D eigenvalue weighted by atomic mass is 15.0. The van der Waals surface area contributed by atoms with E-state index < -0.39 is 0 Å². The van der Waals surface area contributed by atoms with Gasteiger partial charge in [0.15, 0.2) is 0 Å². The molecule has 0 fully saturated rings. The standard InChI is InChI=1S/C15H29N3/c1-12(2)10-14(11-17-13(3)4)6-7-15-16-8-9-18(15)5/h8-9,12-14,17H,6-7,10-11H2,1-5H3. The molecule has 0 spiro atoms. The van der Waals surface area contributed by atoms with Gasteiger partial charge in [-0.1, -0.05) is 27.7 Å². The van der Waals surface area contributed by atoms with Crippen LogP contribution in [0.3, 0.4) is 0 Å². The van der Waals surface area contributed by atoms with Crippen LogP contribution in [-0.4, -0.2) is 22.1 Å². The third kappa shape index (κ3) is 5.67. The van der Waals surface area contributed by atoms with Crippen molar-refractivity contribution in [3.63, 3.8) is 0 Å². The molecule has 0 aromatic carbocycles. The van der Waals surface area contributed by atoms with Crippen molar-refractivity contribution in [2.45, 2.75) is 53.0 Å². The van der Waals surface area contributed by atoms with Gasteiger partial charge in [-0.3, -0.25) is 0 Å². The Morgan fingerprint density at radius 2 is 2.00 bits per heavy atom. The SMILES string of the molecule is CC(C)CC(CCc1nccn1C)CNC(C)C. The molecule has 104 valence electrons. The average molecular weight is 251 g/mol. The molecule has 0 saturated heterocycles.